The van der Waals surface area contributed by atoms with Gasteiger partial charge in [-0.25, -0.2) is 9.80 Å². The SMILES string of the molecule is CC(C)c1ccc(NC(=O)N2N=C(c3ccc(Cl)cc3)CC2c2ccco2)cc1. The Morgan fingerprint density at radius 3 is 2.48 bits per heavy atom. The largest absolute Gasteiger partial charge is 0.467 e. The minimum Gasteiger partial charge on any atom is -0.467 e. The Morgan fingerprint density at radius 2 is 1.86 bits per heavy atom. The van der Waals surface area contributed by atoms with Gasteiger partial charge in [-0.05, 0) is 53.4 Å². The number of nitrogens with one attached hydrogen (secondary N) is 1. The zero-order valence-corrected chi connectivity index (χ0v) is 17.1. The van der Waals surface area contributed by atoms with E-state index in [9.17, 15) is 4.79 Å². The number of carbonyl (C=O) groups is 1. The van der Waals surface area contributed by atoms with Crippen LogP contribution in [-0.4, -0.2) is 16.8 Å². The van der Waals surface area contributed by atoms with E-state index in [0.29, 0.717) is 23.1 Å². The number of hydrazone groups is 1. The number of hydrogen-bond acceptors (Lipinski definition) is 3. The van der Waals surface area contributed by atoms with Crippen LogP contribution in [0.3, 0.4) is 0 Å². The topological polar surface area (TPSA) is 57.8 Å². The van der Waals surface area contributed by atoms with Crippen molar-refractivity contribution in [2.45, 2.75) is 32.2 Å². The molecule has 0 saturated heterocycles. The van der Waals surface area contributed by atoms with Crippen molar-refractivity contribution in [3.8, 4) is 0 Å². The number of amides is 2. The summed E-state index contributed by atoms with van der Waals surface area (Å²) in [7, 11) is 0. The maximum absolute atomic E-state index is 13.0. The van der Waals surface area contributed by atoms with Gasteiger partial charge in [0.1, 0.15) is 11.8 Å². The summed E-state index contributed by atoms with van der Waals surface area (Å²) in [5.74, 6) is 1.14. The highest BCUT2D eigenvalue weighted by molar-refractivity contribution is 6.30. The van der Waals surface area contributed by atoms with Gasteiger partial charge < -0.3 is 9.73 Å². The number of carbonyl (C=O) groups excluding carboxylic acids is 1. The van der Waals surface area contributed by atoms with Crippen molar-refractivity contribution in [2.75, 3.05) is 5.32 Å². The monoisotopic (exact) mass is 407 g/mol. The van der Waals surface area contributed by atoms with E-state index in [4.69, 9.17) is 16.0 Å². The Hall–Kier alpha value is -3.05. The zero-order chi connectivity index (χ0) is 20.4. The molecule has 5 nitrogen and oxygen atoms in total. The van der Waals surface area contributed by atoms with Gasteiger partial charge in [0.25, 0.3) is 0 Å². The third kappa shape index (κ3) is 4.20. The summed E-state index contributed by atoms with van der Waals surface area (Å²) in [5, 5.41) is 9.66. The number of benzene rings is 2. The Morgan fingerprint density at radius 1 is 1.14 bits per heavy atom. The number of rotatable bonds is 4. The minimum absolute atomic E-state index is 0.298. The zero-order valence-electron chi connectivity index (χ0n) is 16.3. The molecule has 3 aromatic rings. The highest BCUT2D eigenvalue weighted by atomic mass is 35.5. The quantitative estimate of drug-likeness (QED) is 0.541. The molecule has 2 amide bonds. The van der Waals surface area contributed by atoms with Crippen molar-refractivity contribution < 1.29 is 9.21 Å². The number of furan rings is 1. The number of nitrogens with zero attached hydrogens (tertiary/aromatic N) is 2. The molecule has 0 radical (unpaired) electrons. The highest BCUT2D eigenvalue weighted by Gasteiger charge is 2.35. The molecule has 1 aliphatic rings. The second-order valence-corrected chi connectivity index (χ2v) is 7.78. The third-order valence-electron chi connectivity index (χ3n) is 5.00. The molecule has 4 rings (SSSR count). The summed E-state index contributed by atoms with van der Waals surface area (Å²) < 4.78 is 5.58. The maximum Gasteiger partial charge on any atom is 0.342 e. The standard InChI is InChI=1S/C23H22ClN3O2/c1-15(2)16-7-11-19(12-8-16)25-23(28)27-21(22-4-3-13-29-22)14-20(26-27)17-5-9-18(24)10-6-17/h3-13,15,21H,14H2,1-2H3,(H,25,28). The van der Waals surface area contributed by atoms with E-state index in [1.165, 1.54) is 10.6 Å². The van der Waals surface area contributed by atoms with Gasteiger partial charge in [-0.1, -0.05) is 49.7 Å². The molecule has 0 fully saturated rings. The first-order valence-corrected chi connectivity index (χ1v) is 9.96. The van der Waals surface area contributed by atoms with Crippen molar-refractivity contribution in [1.29, 1.82) is 0 Å². The van der Waals surface area contributed by atoms with Crippen LogP contribution in [0.25, 0.3) is 0 Å². The minimum atomic E-state index is -0.300. The molecule has 2 heterocycles. The molecule has 2 aromatic carbocycles. The fraction of sp³-hybridized carbons (Fsp3) is 0.217. The highest BCUT2D eigenvalue weighted by Crippen LogP contribution is 2.33. The predicted octanol–water partition coefficient (Wildman–Crippen LogP) is 6.44. The maximum atomic E-state index is 13.0. The second kappa shape index (κ2) is 8.13. The average molecular weight is 408 g/mol. The first-order valence-electron chi connectivity index (χ1n) is 9.58. The van der Waals surface area contributed by atoms with Gasteiger partial charge >= 0.3 is 6.03 Å². The summed E-state index contributed by atoms with van der Waals surface area (Å²) in [6.07, 6.45) is 2.17. The smallest absolute Gasteiger partial charge is 0.342 e. The van der Waals surface area contributed by atoms with Crippen molar-refractivity contribution in [3.05, 3.63) is 88.8 Å². The van der Waals surface area contributed by atoms with Gasteiger partial charge in [0, 0.05) is 17.1 Å². The van der Waals surface area contributed by atoms with Gasteiger partial charge in [0.05, 0.1) is 12.0 Å². The lowest BCUT2D eigenvalue weighted by molar-refractivity contribution is 0.192. The van der Waals surface area contributed by atoms with Gasteiger partial charge in [-0.15, -0.1) is 0 Å². The molecule has 0 aliphatic carbocycles. The summed E-state index contributed by atoms with van der Waals surface area (Å²) >= 11 is 6.00. The van der Waals surface area contributed by atoms with Crippen molar-refractivity contribution in [2.24, 2.45) is 5.10 Å². The van der Waals surface area contributed by atoms with Crippen LogP contribution in [0.4, 0.5) is 10.5 Å². The number of hydrogen-bond donors (Lipinski definition) is 1. The normalized spacial score (nSPS) is 16.2. The van der Waals surface area contributed by atoms with Crippen LogP contribution >= 0.6 is 11.6 Å². The van der Waals surface area contributed by atoms with Gasteiger partial charge in [-0.2, -0.15) is 5.10 Å². The number of urea groups is 1. The van der Waals surface area contributed by atoms with Crippen LogP contribution < -0.4 is 5.32 Å². The van der Waals surface area contributed by atoms with Crippen LogP contribution in [0.15, 0.2) is 76.4 Å². The van der Waals surface area contributed by atoms with Gasteiger partial charge in [-0.3, -0.25) is 0 Å². The molecule has 1 atom stereocenters. The Bertz CT molecular complexity index is 1010. The first kappa shape index (κ1) is 19.3. The summed E-state index contributed by atoms with van der Waals surface area (Å²) in [6, 6.07) is 18.4. The molecular formula is C23H22ClN3O2. The van der Waals surface area contributed by atoms with Gasteiger partial charge in [0.2, 0.25) is 0 Å². The van der Waals surface area contributed by atoms with E-state index in [0.717, 1.165) is 17.0 Å². The van der Waals surface area contributed by atoms with Crippen LogP contribution in [0, 0.1) is 0 Å². The molecule has 0 saturated carbocycles. The molecule has 1 aromatic heterocycles. The van der Waals surface area contributed by atoms with E-state index in [-0.39, 0.29) is 12.1 Å². The van der Waals surface area contributed by atoms with E-state index in [2.05, 4.69) is 24.3 Å². The van der Waals surface area contributed by atoms with E-state index >= 15 is 0 Å². The number of halogens is 1. The lowest BCUT2D eigenvalue weighted by Gasteiger charge is -2.20. The Balaban J connectivity index is 1.58. The molecule has 29 heavy (non-hydrogen) atoms. The fourth-order valence-electron chi connectivity index (χ4n) is 3.35. The predicted molar refractivity (Wildman–Crippen MR) is 115 cm³/mol. The molecule has 0 spiro atoms. The van der Waals surface area contributed by atoms with E-state index < -0.39 is 0 Å². The van der Waals surface area contributed by atoms with Crippen LogP contribution in [0.2, 0.25) is 5.02 Å². The van der Waals surface area contributed by atoms with E-state index in [1.54, 1.807) is 6.26 Å². The molecule has 148 valence electrons. The van der Waals surface area contributed by atoms with Crippen molar-refractivity contribution in [3.63, 3.8) is 0 Å². The summed E-state index contributed by atoms with van der Waals surface area (Å²) in [6.45, 7) is 4.28. The molecular weight excluding hydrogens is 386 g/mol. The molecule has 6 heteroatoms. The van der Waals surface area contributed by atoms with Crippen LogP contribution in [-0.2, 0) is 0 Å². The van der Waals surface area contributed by atoms with Gasteiger partial charge in [0.15, 0.2) is 0 Å². The molecule has 1 N–H and O–H groups in total. The van der Waals surface area contributed by atoms with E-state index in [1.807, 2.05) is 60.7 Å². The summed E-state index contributed by atoms with van der Waals surface area (Å²) in [5.41, 5.74) is 3.70. The second-order valence-electron chi connectivity index (χ2n) is 7.34. The molecule has 1 unspecified atom stereocenters. The fourth-order valence-corrected chi connectivity index (χ4v) is 3.48. The third-order valence-corrected chi connectivity index (χ3v) is 5.25. The molecule has 1 aliphatic heterocycles. The Labute approximate surface area is 175 Å². The lowest BCUT2D eigenvalue weighted by Crippen LogP contribution is -2.31. The summed E-state index contributed by atoms with van der Waals surface area (Å²) in [4.78, 5) is 13.0. The molecule has 0 bridgehead atoms. The van der Waals surface area contributed by atoms with Crippen molar-refractivity contribution in [1.82, 2.24) is 5.01 Å². The van der Waals surface area contributed by atoms with Crippen LogP contribution in [0.1, 0.15) is 49.1 Å². The lowest BCUT2D eigenvalue weighted by atomic mass is 10.0. The Kier molecular flexibility index (Phi) is 5.41. The van der Waals surface area contributed by atoms with Crippen LogP contribution in [0.5, 0.6) is 0 Å². The first-order chi connectivity index (χ1) is 14.0. The van der Waals surface area contributed by atoms with Crippen molar-refractivity contribution >= 4 is 29.0 Å². The number of anilines is 1. The average Bonchev–Trinajstić information content (AvgIpc) is 3.39.